The Labute approximate surface area is 114 Å². The second-order valence-electron chi connectivity index (χ2n) is 3.45. The highest BCUT2D eigenvalue weighted by Gasteiger charge is 2.03. The molecule has 2 aromatic rings. The fourth-order valence-corrected chi connectivity index (χ4v) is 1.62. The summed E-state index contributed by atoms with van der Waals surface area (Å²) >= 11 is 10.5. The summed E-state index contributed by atoms with van der Waals surface area (Å²) in [7, 11) is 0. The highest BCUT2D eigenvalue weighted by atomic mass is 35.5. The molecule has 3 N–H and O–H groups in total. The lowest BCUT2D eigenvalue weighted by Gasteiger charge is -1.97. The van der Waals surface area contributed by atoms with E-state index < -0.39 is 0 Å². The van der Waals surface area contributed by atoms with Crippen LogP contribution in [0.3, 0.4) is 0 Å². The van der Waals surface area contributed by atoms with Crippen molar-refractivity contribution in [3.05, 3.63) is 47.2 Å². The molecule has 6 heteroatoms. The van der Waals surface area contributed by atoms with E-state index in [1.807, 2.05) is 30.3 Å². The minimum atomic E-state index is 0.105. The molecule has 1 heterocycles. The molecule has 0 aliphatic rings. The van der Waals surface area contributed by atoms with Gasteiger partial charge in [-0.3, -0.25) is 5.43 Å². The first-order valence-corrected chi connectivity index (χ1v) is 5.88. The first-order chi connectivity index (χ1) is 8.65. The summed E-state index contributed by atoms with van der Waals surface area (Å²) in [4.78, 5) is 0. The average molecular weight is 280 g/mol. The van der Waals surface area contributed by atoms with Crippen molar-refractivity contribution in [1.29, 1.82) is 0 Å². The molecule has 0 amide bonds. The number of nitrogens with one attached hydrogen (secondary N) is 1. The molecule has 92 valence electrons. The molecule has 0 saturated carbocycles. The molecule has 1 aromatic carbocycles. The third-order valence-electron chi connectivity index (χ3n) is 2.10. The summed E-state index contributed by atoms with van der Waals surface area (Å²) < 4.78 is 5.57. The van der Waals surface area contributed by atoms with Gasteiger partial charge in [-0.2, -0.15) is 5.10 Å². The van der Waals surface area contributed by atoms with Crippen LogP contribution >= 0.6 is 23.8 Å². The van der Waals surface area contributed by atoms with Crippen LogP contribution in [-0.4, -0.2) is 11.3 Å². The zero-order valence-electron chi connectivity index (χ0n) is 9.26. The average Bonchev–Trinajstić information content (AvgIpc) is 2.77. The Balaban J connectivity index is 2.15. The lowest BCUT2D eigenvalue weighted by atomic mass is 10.2. The molecular formula is C12H10ClN3OS. The second kappa shape index (κ2) is 5.66. The number of nitrogens with two attached hydrogens (primary N) is 1. The predicted molar refractivity (Wildman–Crippen MR) is 76.7 cm³/mol. The van der Waals surface area contributed by atoms with Crippen molar-refractivity contribution < 1.29 is 4.42 Å². The van der Waals surface area contributed by atoms with Crippen molar-refractivity contribution >= 4 is 35.1 Å². The molecular weight excluding hydrogens is 270 g/mol. The molecule has 0 saturated heterocycles. The van der Waals surface area contributed by atoms with E-state index in [9.17, 15) is 0 Å². The normalized spacial score (nSPS) is 10.7. The molecule has 18 heavy (non-hydrogen) atoms. The van der Waals surface area contributed by atoms with Gasteiger partial charge in [0.15, 0.2) is 5.11 Å². The molecule has 2 rings (SSSR count). The summed E-state index contributed by atoms with van der Waals surface area (Å²) in [5.74, 6) is 1.31. The van der Waals surface area contributed by atoms with Crippen LogP contribution in [0.2, 0.25) is 5.02 Å². The highest BCUT2D eigenvalue weighted by Crippen LogP contribution is 2.24. The molecule has 0 aliphatic heterocycles. The van der Waals surface area contributed by atoms with Gasteiger partial charge in [0.05, 0.1) is 6.21 Å². The predicted octanol–water partition coefficient (Wildman–Crippen LogP) is 2.77. The van der Waals surface area contributed by atoms with Crippen LogP contribution in [0.1, 0.15) is 5.76 Å². The van der Waals surface area contributed by atoms with Gasteiger partial charge in [-0.25, -0.2) is 0 Å². The highest BCUT2D eigenvalue weighted by molar-refractivity contribution is 7.80. The van der Waals surface area contributed by atoms with Crippen LogP contribution < -0.4 is 11.2 Å². The van der Waals surface area contributed by atoms with Gasteiger partial charge in [0.25, 0.3) is 0 Å². The van der Waals surface area contributed by atoms with E-state index in [1.54, 1.807) is 6.07 Å². The Morgan fingerprint density at radius 2 is 2.22 bits per heavy atom. The largest absolute Gasteiger partial charge is 0.455 e. The van der Waals surface area contributed by atoms with Gasteiger partial charge in [-0.1, -0.05) is 23.7 Å². The first kappa shape index (κ1) is 12.6. The Kier molecular flexibility index (Phi) is 3.96. The zero-order valence-corrected chi connectivity index (χ0v) is 10.8. The molecule has 0 spiro atoms. The maximum Gasteiger partial charge on any atom is 0.184 e. The molecule has 0 radical (unpaired) electrons. The number of halogens is 1. The number of furan rings is 1. The summed E-state index contributed by atoms with van der Waals surface area (Å²) in [6, 6.07) is 11.0. The fourth-order valence-electron chi connectivity index (χ4n) is 1.38. The van der Waals surface area contributed by atoms with Crippen LogP contribution in [0.5, 0.6) is 0 Å². The van der Waals surface area contributed by atoms with E-state index >= 15 is 0 Å². The van der Waals surface area contributed by atoms with Gasteiger partial charge in [-0.05, 0) is 36.5 Å². The monoisotopic (exact) mass is 279 g/mol. The maximum absolute atomic E-state index is 5.91. The van der Waals surface area contributed by atoms with Crippen molar-refractivity contribution in [3.63, 3.8) is 0 Å². The van der Waals surface area contributed by atoms with Crippen LogP contribution in [0.25, 0.3) is 11.3 Å². The Bertz CT molecular complexity index is 595. The van der Waals surface area contributed by atoms with Gasteiger partial charge in [0.2, 0.25) is 0 Å². The maximum atomic E-state index is 5.91. The summed E-state index contributed by atoms with van der Waals surface area (Å²) in [6.07, 6.45) is 1.49. The third-order valence-corrected chi connectivity index (χ3v) is 2.43. The Morgan fingerprint density at radius 1 is 1.39 bits per heavy atom. The molecule has 1 aromatic heterocycles. The van der Waals surface area contributed by atoms with E-state index in [4.69, 9.17) is 21.8 Å². The minimum absolute atomic E-state index is 0.105. The molecule has 4 nitrogen and oxygen atoms in total. The number of thiocarbonyl (C=S) groups is 1. The summed E-state index contributed by atoms with van der Waals surface area (Å²) in [5, 5.41) is 4.57. The van der Waals surface area contributed by atoms with E-state index in [0.29, 0.717) is 16.5 Å². The van der Waals surface area contributed by atoms with Crippen LogP contribution in [0.15, 0.2) is 45.9 Å². The van der Waals surface area contributed by atoms with E-state index in [2.05, 4.69) is 22.7 Å². The van der Waals surface area contributed by atoms with Gasteiger partial charge in [0.1, 0.15) is 11.5 Å². The quantitative estimate of drug-likeness (QED) is 0.515. The second-order valence-corrected chi connectivity index (χ2v) is 4.32. The Morgan fingerprint density at radius 3 is 2.94 bits per heavy atom. The number of hydrazone groups is 1. The lowest BCUT2D eigenvalue weighted by Crippen LogP contribution is -2.23. The van der Waals surface area contributed by atoms with Crippen LogP contribution in [0.4, 0.5) is 0 Å². The van der Waals surface area contributed by atoms with Crippen molar-refractivity contribution in [1.82, 2.24) is 5.43 Å². The Hall–Kier alpha value is -1.85. The van der Waals surface area contributed by atoms with E-state index in [-0.39, 0.29) is 5.11 Å². The smallest absolute Gasteiger partial charge is 0.184 e. The van der Waals surface area contributed by atoms with Crippen molar-refractivity contribution in [3.8, 4) is 11.3 Å². The molecule has 0 atom stereocenters. The standard InChI is InChI=1S/C12H10ClN3OS/c13-9-3-1-2-8(6-9)11-5-4-10(17-11)7-15-16-12(14)18/h1-7H,(H3,14,16,18)/b15-7-. The van der Waals surface area contributed by atoms with Crippen molar-refractivity contribution in [2.45, 2.75) is 0 Å². The number of nitrogens with zero attached hydrogens (tertiary/aromatic N) is 1. The van der Waals surface area contributed by atoms with E-state index in [1.165, 1.54) is 6.21 Å². The number of hydrogen-bond acceptors (Lipinski definition) is 3. The van der Waals surface area contributed by atoms with Crippen molar-refractivity contribution in [2.75, 3.05) is 0 Å². The third kappa shape index (κ3) is 3.32. The minimum Gasteiger partial charge on any atom is -0.455 e. The van der Waals surface area contributed by atoms with Gasteiger partial charge in [-0.15, -0.1) is 0 Å². The number of hydrogen-bond donors (Lipinski definition) is 2. The van der Waals surface area contributed by atoms with Crippen LogP contribution in [0, 0.1) is 0 Å². The van der Waals surface area contributed by atoms with Crippen LogP contribution in [-0.2, 0) is 0 Å². The van der Waals surface area contributed by atoms with Crippen molar-refractivity contribution in [2.24, 2.45) is 10.8 Å². The van der Waals surface area contributed by atoms with Gasteiger partial charge < -0.3 is 10.2 Å². The van der Waals surface area contributed by atoms with Gasteiger partial charge >= 0.3 is 0 Å². The summed E-state index contributed by atoms with van der Waals surface area (Å²) in [5.41, 5.74) is 8.59. The van der Waals surface area contributed by atoms with Gasteiger partial charge in [0, 0.05) is 10.6 Å². The molecule has 0 bridgehead atoms. The molecule has 0 unspecified atom stereocenters. The molecule has 0 fully saturated rings. The van der Waals surface area contributed by atoms with E-state index in [0.717, 1.165) is 5.56 Å². The first-order valence-electron chi connectivity index (χ1n) is 5.09. The molecule has 0 aliphatic carbocycles. The fraction of sp³-hybridized carbons (Fsp3) is 0. The lowest BCUT2D eigenvalue weighted by molar-refractivity contribution is 0.574. The SMILES string of the molecule is NC(=S)N/N=C\c1ccc(-c2cccc(Cl)c2)o1. The number of rotatable bonds is 3. The topological polar surface area (TPSA) is 63.5 Å². The number of benzene rings is 1. The zero-order chi connectivity index (χ0) is 13.0. The summed E-state index contributed by atoms with van der Waals surface area (Å²) in [6.45, 7) is 0.